The lowest BCUT2D eigenvalue weighted by Gasteiger charge is -2.19. The van der Waals surface area contributed by atoms with E-state index in [4.69, 9.17) is 0 Å². The van der Waals surface area contributed by atoms with Gasteiger partial charge in [-0.25, -0.2) is 4.98 Å². The number of nitrogens with zero attached hydrogens (tertiary/aromatic N) is 3. The average molecular weight is 336 g/mol. The quantitative estimate of drug-likeness (QED) is 0.743. The summed E-state index contributed by atoms with van der Waals surface area (Å²) in [6, 6.07) is 17.2. The number of carbonyl (C=O) groups is 1. The molecule has 0 atom stereocenters. The predicted octanol–water partition coefficient (Wildman–Crippen LogP) is 1.65. The highest BCUT2D eigenvalue weighted by molar-refractivity contribution is 5.79. The summed E-state index contributed by atoms with van der Waals surface area (Å²) in [6.45, 7) is 1.17. The lowest BCUT2D eigenvalue weighted by Crippen LogP contribution is -2.36. The van der Waals surface area contributed by atoms with Gasteiger partial charge in [0.05, 0.1) is 17.2 Å². The van der Waals surface area contributed by atoms with Crippen LogP contribution >= 0.6 is 0 Å². The molecule has 2 aromatic carbocycles. The van der Waals surface area contributed by atoms with E-state index < -0.39 is 0 Å². The molecule has 0 spiro atoms. The fraction of sp³-hybridized carbons (Fsp3) is 0.211. The first-order valence-electron chi connectivity index (χ1n) is 8.12. The monoisotopic (exact) mass is 336 g/mol. The molecule has 128 valence electrons. The van der Waals surface area contributed by atoms with Crippen molar-refractivity contribution in [3.63, 3.8) is 0 Å². The Kier molecular flexibility index (Phi) is 5.09. The summed E-state index contributed by atoms with van der Waals surface area (Å²) in [4.78, 5) is 30.4. The van der Waals surface area contributed by atoms with Crippen LogP contribution in [0.3, 0.4) is 0 Å². The molecule has 0 aliphatic carbocycles. The van der Waals surface area contributed by atoms with E-state index in [0.29, 0.717) is 24.1 Å². The van der Waals surface area contributed by atoms with E-state index >= 15 is 0 Å². The molecule has 0 aliphatic heterocycles. The van der Waals surface area contributed by atoms with Crippen LogP contribution in [0.5, 0.6) is 0 Å². The Labute approximate surface area is 145 Å². The standard InChI is InChI=1S/C19H20N4O2/c1-22(15-7-3-2-4-8-15)12-11-20-18(24)14-23-17-10-6-5-9-16(17)21-13-19(23)25/h2-10,13H,11-12,14H2,1H3,(H,20,24). The summed E-state index contributed by atoms with van der Waals surface area (Å²) in [6.07, 6.45) is 1.25. The zero-order valence-corrected chi connectivity index (χ0v) is 14.1. The molecular weight excluding hydrogens is 316 g/mol. The number of hydrogen-bond donors (Lipinski definition) is 1. The summed E-state index contributed by atoms with van der Waals surface area (Å²) < 4.78 is 1.44. The van der Waals surface area contributed by atoms with Crippen molar-refractivity contribution in [2.45, 2.75) is 6.54 Å². The van der Waals surface area contributed by atoms with Gasteiger partial charge in [0.25, 0.3) is 5.56 Å². The molecule has 0 bridgehead atoms. The topological polar surface area (TPSA) is 67.2 Å². The number of likely N-dealkylation sites (N-methyl/N-ethyl adjacent to an activating group) is 1. The summed E-state index contributed by atoms with van der Waals surface area (Å²) in [5.41, 5.74) is 2.16. The van der Waals surface area contributed by atoms with E-state index in [1.807, 2.05) is 55.6 Å². The van der Waals surface area contributed by atoms with Crippen LogP contribution < -0.4 is 15.8 Å². The van der Waals surface area contributed by atoms with Crippen LogP contribution in [0.2, 0.25) is 0 Å². The molecule has 1 heterocycles. The number of anilines is 1. The minimum absolute atomic E-state index is 0.0169. The van der Waals surface area contributed by atoms with Crippen molar-refractivity contribution in [1.29, 1.82) is 0 Å². The number of benzene rings is 2. The van der Waals surface area contributed by atoms with Crippen LogP contribution in [0.25, 0.3) is 11.0 Å². The van der Waals surface area contributed by atoms with Gasteiger partial charge in [-0.3, -0.25) is 14.2 Å². The van der Waals surface area contributed by atoms with E-state index in [1.165, 1.54) is 10.8 Å². The van der Waals surface area contributed by atoms with Crippen molar-refractivity contribution < 1.29 is 4.79 Å². The third-order valence-electron chi connectivity index (χ3n) is 4.02. The molecular formula is C19H20N4O2. The minimum atomic E-state index is -0.282. The van der Waals surface area contributed by atoms with Crippen molar-refractivity contribution in [3.8, 4) is 0 Å². The molecule has 0 saturated carbocycles. The number of hydrogen-bond acceptors (Lipinski definition) is 4. The van der Waals surface area contributed by atoms with Crippen LogP contribution in [0.15, 0.2) is 65.6 Å². The zero-order valence-electron chi connectivity index (χ0n) is 14.1. The largest absolute Gasteiger partial charge is 0.373 e. The van der Waals surface area contributed by atoms with Crippen molar-refractivity contribution in [2.75, 3.05) is 25.0 Å². The molecule has 0 fully saturated rings. The van der Waals surface area contributed by atoms with Gasteiger partial charge in [-0.2, -0.15) is 0 Å². The van der Waals surface area contributed by atoms with Crippen molar-refractivity contribution in [2.24, 2.45) is 0 Å². The van der Waals surface area contributed by atoms with E-state index in [1.54, 1.807) is 6.07 Å². The van der Waals surface area contributed by atoms with Gasteiger partial charge in [-0.05, 0) is 24.3 Å². The van der Waals surface area contributed by atoms with Crippen LogP contribution in [0.1, 0.15) is 0 Å². The molecule has 0 radical (unpaired) electrons. The molecule has 25 heavy (non-hydrogen) atoms. The molecule has 1 amide bonds. The Morgan fingerprint density at radius 3 is 2.64 bits per heavy atom. The van der Waals surface area contributed by atoms with Crippen LogP contribution in [-0.4, -0.2) is 35.6 Å². The molecule has 1 N–H and O–H groups in total. The summed E-state index contributed by atoms with van der Waals surface area (Å²) in [7, 11) is 1.97. The normalized spacial score (nSPS) is 10.6. The second-order valence-corrected chi connectivity index (χ2v) is 5.78. The van der Waals surface area contributed by atoms with Crippen LogP contribution in [0.4, 0.5) is 5.69 Å². The third-order valence-corrected chi connectivity index (χ3v) is 4.02. The molecule has 0 aliphatic rings. The van der Waals surface area contributed by atoms with Gasteiger partial charge in [0, 0.05) is 25.8 Å². The predicted molar refractivity (Wildman–Crippen MR) is 98.7 cm³/mol. The molecule has 1 aromatic heterocycles. The first-order valence-corrected chi connectivity index (χ1v) is 8.12. The fourth-order valence-corrected chi connectivity index (χ4v) is 2.65. The number of aromatic nitrogens is 2. The molecule has 0 unspecified atom stereocenters. The van der Waals surface area contributed by atoms with Crippen LogP contribution in [0, 0.1) is 0 Å². The first kappa shape index (κ1) is 16.7. The van der Waals surface area contributed by atoms with Gasteiger partial charge in [0.15, 0.2) is 0 Å². The SMILES string of the molecule is CN(CCNC(=O)Cn1c(=O)cnc2ccccc21)c1ccccc1. The second kappa shape index (κ2) is 7.61. The smallest absolute Gasteiger partial charge is 0.269 e. The van der Waals surface area contributed by atoms with Crippen molar-refractivity contribution in [1.82, 2.24) is 14.9 Å². The lowest BCUT2D eigenvalue weighted by molar-refractivity contribution is -0.121. The van der Waals surface area contributed by atoms with Gasteiger partial charge in [-0.1, -0.05) is 30.3 Å². The molecule has 3 rings (SSSR count). The molecule has 6 heteroatoms. The van der Waals surface area contributed by atoms with Gasteiger partial charge in [0.1, 0.15) is 6.54 Å². The number of amides is 1. The number of rotatable bonds is 6. The second-order valence-electron chi connectivity index (χ2n) is 5.78. The number of carbonyl (C=O) groups excluding carboxylic acids is 1. The number of para-hydroxylation sites is 3. The Balaban J connectivity index is 1.60. The highest BCUT2D eigenvalue weighted by Crippen LogP contribution is 2.10. The maximum absolute atomic E-state index is 12.2. The maximum Gasteiger partial charge on any atom is 0.269 e. The molecule has 3 aromatic rings. The average Bonchev–Trinajstić information content (AvgIpc) is 2.65. The van der Waals surface area contributed by atoms with Gasteiger partial charge in [0.2, 0.25) is 5.91 Å². The van der Waals surface area contributed by atoms with Gasteiger partial charge >= 0.3 is 0 Å². The Morgan fingerprint density at radius 2 is 1.84 bits per heavy atom. The summed E-state index contributed by atoms with van der Waals surface area (Å²) in [5, 5.41) is 2.86. The Bertz CT molecular complexity index is 921. The van der Waals surface area contributed by atoms with Gasteiger partial charge < -0.3 is 10.2 Å². The summed E-state index contributed by atoms with van der Waals surface area (Å²) >= 11 is 0. The zero-order chi connectivity index (χ0) is 17.6. The Morgan fingerprint density at radius 1 is 1.12 bits per heavy atom. The maximum atomic E-state index is 12.2. The molecule has 6 nitrogen and oxygen atoms in total. The third kappa shape index (κ3) is 4.03. The summed E-state index contributed by atoms with van der Waals surface area (Å²) in [5.74, 6) is -0.195. The Hall–Kier alpha value is -3.15. The van der Waals surface area contributed by atoms with E-state index in [9.17, 15) is 9.59 Å². The molecule has 0 saturated heterocycles. The lowest BCUT2D eigenvalue weighted by atomic mass is 10.3. The fourth-order valence-electron chi connectivity index (χ4n) is 2.65. The van der Waals surface area contributed by atoms with E-state index in [2.05, 4.69) is 15.2 Å². The number of fused-ring (bicyclic) bond motifs is 1. The van der Waals surface area contributed by atoms with E-state index in [0.717, 1.165) is 5.69 Å². The van der Waals surface area contributed by atoms with Crippen molar-refractivity contribution in [3.05, 3.63) is 71.1 Å². The highest BCUT2D eigenvalue weighted by atomic mass is 16.2. The highest BCUT2D eigenvalue weighted by Gasteiger charge is 2.09. The van der Waals surface area contributed by atoms with E-state index in [-0.39, 0.29) is 18.0 Å². The minimum Gasteiger partial charge on any atom is -0.373 e. The first-order chi connectivity index (χ1) is 12.1. The number of nitrogens with one attached hydrogen (secondary N) is 1. The van der Waals surface area contributed by atoms with Crippen molar-refractivity contribution >= 4 is 22.6 Å². The van der Waals surface area contributed by atoms with Gasteiger partial charge in [-0.15, -0.1) is 0 Å². The van der Waals surface area contributed by atoms with Crippen LogP contribution in [-0.2, 0) is 11.3 Å².